The maximum atomic E-state index is 2.86. The van der Waals surface area contributed by atoms with Crippen LogP contribution in [0.5, 0.6) is 0 Å². The molecular formula is C17H39N7P+. The van der Waals surface area contributed by atoms with Gasteiger partial charge in [0.25, 0.3) is 0 Å². The molecule has 25 heavy (non-hydrogen) atoms. The van der Waals surface area contributed by atoms with E-state index in [0.717, 1.165) is 0 Å². The van der Waals surface area contributed by atoms with Crippen molar-refractivity contribution in [3.05, 3.63) is 0 Å². The van der Waals surface area contributed by atoms with E-state index in [0.29, 0.717) is 0 Å². The minimum atomic E-state index is -1.62. The highest BCUT2D eigenvalue weighted by Gasteiger charge is 2.60. The molecule has 146 valence electrons. The Morgan fingerprint density at radius 3 is 0.920 bits per heavy atom. The maximum absolute atomic E-state index is 2.86. The number of hydrogen-bond donors (Lipinski definition) is 0. The highest BCUT2D eigenvalue weighted by Crippen LogP contribution is 2.69. The minimum Gasteiger partial charge on any atom is -0.304 e. The second-order valence-corrected chi connectivity index (χ2v) is 11.7. The Labute approximate surface area is 155 Å². The fourth-order valence-corrected chi connectivity index (χ4v) is 9.23. The Morgan fingerprint density at radius 2 is 0.720 bits per heavy atom. The van der Waals surface area contributed by atoms with E-state index in [9.17, 15) is 0 Å². The molecule has 0 spiro atoms. The molecule has 0 saturated carbocycles. The lowest BCUT2D eigenvalue weighted by Gasteiger charge is -2.53. The number of likely N-dealkylation sites (N-methyl/N-ethyl adjacent to an activating group) is 3. The van der Waals surface area contributed by atoms with Crippen LogP contribution in [-0.2, 0) is 0 Å². The molecule has 0 aromatic rings. The van der Waals surface area contributed by atoms with Gasteiger partial charge in [-0.15, -0.1) is 18.7 Å². The summed E-state index contributed by atoms with van der Waals surface area (Å²) in [7, 11) is 9.84. The van der Waals surface area contributed by atoms with Crippen LogP contribution in [0.3, 0.4) is 0 Å². The summed E-state index contributed by atoms with van der Waals surface area (Å²) in [6.45, 7) is 14.3. The molecule has 0 radical (unpaired) electrons. The number of hydrogen-bond acceptors (Lipinski definition) is 7. The average molecular weight is 373 g/mol. The van der Waals surface area contributed by atoms with Crippen molar-refractivity contribution in [2.45, 2.75) is 0 Å². The van der Waals surface area contributed by atoms with Gasteiger partial charge < -0.3 is 14.7 Å². The molecule has 0 bridgehead atoms. The van der Waals surface area contributed by atoms with E-state index < -0.39 is 7.87 Å². The minimum absolute atomic E-state index is 1.19. The van der Waals surface area contributed by atoms with Crippen LogP contribution >= 0.6 is 7.87 Å². The summed E-state index contributed by atoms with van der Waals surface area (Å²) in [5, 5.41) is 0. The summed E-state index contributed by atoms with van der Waals surface area (Å²) in [5.41, 5.74) is 0. The van der Waals surface area contributed by atoms with Gasteiger partial charge in [0.15, 0.2) is 0 Å². The fraction of sp³-hybridized carbons (Fsp3) is 1.00. The molecule has 3 aliphatic rings. The third kappa shape index (κ3) is 4.04. The highest BCUT2D eigenvalue weighted by atomic mass is 31.2. The van der Waals surface area contributed by atoms with Crippen LogP contribution in [0.4, 0.5) is 0 Å². The molecular weight excluding hydrogens is 333 g/mol. The van der Waals surface area contributed by atoms with E-state index in [1.54, 1.807) is 0 Å². The lowest BCUT2D eigenvalue weighted by Crippen LogP contribution is -2.61. The molecule has 3 fully saturated rings. The predicted octanol–water partition coefficient (Wildman–Crippen LogP) is -0.0322. The largest absolute Gasteiger partial charge is 0.308 e. The molecule has 3 heterocycles. The van der Waals surface area contributed by atoms with Crippen molar-refractivity contribution < 1.29 is 0 Å². The Bertz CT molecular complexity index is 356. The first-order valence-corrected chi connectivity index (χ1v) is 11.4. The first-order valence-electron chi connectivity index (χ1n) is 9.83. The lowest BCUT2D eigenvalue weighted by molar-refractivity contribution is 0.140. The number of rotatable bonds is 4. The van der Waals surface area contributed by atoms with E-state index >= 15 is 0 Å². The van der Waals surface area contributed by atoms with Gasteiger partial charge in [0.05, 0.1) is 39.3 Å². The molecule has 8 heteroatoms. The van der Waals surface area contributed by atoms with E-state index in [1.807, 2.05) is 0 Å². The standard InChI is InChI=1S/C17H39N7P/c1-18(2)25(22-12-6-19(3)7-13-22,23-14-8-20(4)9-15-23)24-16-10-21(5)11-17-24/h6-17H2,1-5H3/q+1. The van der Waals surface area contributed by atoms with Gasteiger partial charge in [-0.05, 0) is 21.1 Å². The van der Waals surface area contributed by atoms with Crippen LogP contribution in [0.15, 0.2) is 0 Å². The van der Waals surface area contributed by atoms with Crippen molar-refractivity contribution in [2.24, 2.45) is 0 Å². The van der Waals surface area contributed by atoms with Crippen molar-refractivity contribution in [3.8, 4) is 0 Å². The van der Waals surface area contributed by atoms with Crippen molar-refractivity contribution >= 4 is 7.87 Å². The second-order valence-electron chi connectivity index (χ2n) is 8.15. The van der Waals surface area contributed by atoms with Crippen molar-refractivity contribution in [3.63, 3.8) is 0 Å². The van der Waals surface area contributed by atoms with Gasteiger partial charge in [-0.3, -0.25) is 0 Å². The molecule has 0 N–H and O–H groups in total. The van der Waals surface area contributed by atoms with Gasteiger partial charge in [0.1, 0.15) is 0 Å². The summed E-state index contributed by atoms with van der Waals surface area (Å²) >= 11 is 0. The molecule has 0 unspecified atom stereocenters. The molecule has 3 rings (SSSR count). The summed E-state index contributed by atoms with van der Waals surface area (Å²) in [5.74, 6) is 0. The summed E-state index contributed by atoms with van der Waals surface area (Å²) in [4.78, 5) is 7.44. The quantitative estimate of drug-likeness (QED) is 0.639. The van der Waals surface area contributed by atoms with E-state index in [1.165, 1.54) is 78.5 Å². The lowest BCUT2D eigenvalue weighted by atomic mass is 10.4. The Hall–Kier alpha value is 0.150. The van der Waals surface area contributed by atoms with Gasteiger partial charge >= 0.3 is 7.87 Å². The zero-order valence-electron chi connectivity index (χ0n) is 17.1. The van der Waals surface area contributed by atoms with Crippen LogP contribution < -0.4 is 0 Å². The molecule has 0 amide bonds. The van der Waals surface area contributed by atoms with Crippen LogP contribution in [0.2, 0.25) is 0 Å². The topological polar surface area (TPSA) is 22.7 Å². The van der Waals surface area contributed by atoms with Crippen molar-refractivity contribution in [1.82, 2.24) is 33.4 Å². The number of nitrogens with zero attached hydrogens (tertiary/aromatic N) is 7. The Morgan fingerprint density at radius 1 is 0.480 bits per heavy atom. The maximum Gasteiger partial charge on any atom is 0.308 e. The number of piperazine rings is 3. The van der Waals surface area contributed by atoms with Gasteiger partial charge in [0.2, 0.25) is 0 Å². The van der Waals surface area contributed by atoms with Crippen molar-refractivity contribution in [1.29, 1.82) is 0 Å². The predicted molar refractivity (Wildman–Crippen MR) is 108 cm³/mol. The molecule has 0 aliphatic carbocycles. The van der Waals surface area contributed by atoms with E-state index in [4.69, 9.17) is 0 Å². The summed E-state index contributed by atoms with van der Waals surface area (Å²) in [6.07, 6.45) is 0. The monoisotopic (exact) mass is 372 g/mol. The first-order chi connectivity index (χ1) is 11.9. The second kappa shape index (κ2) is 8.44. The van der Waals surface area contributed by atoms with E-state index in [-0.39, 0.29) is 0 Å². The fourth-order valence-electron chi connectivity index (χ4n) is 4.49. The zero-order chi connectivity index (χ0) is 18.0. The van der Waals surface area contributed by atoms with Crippen LogP contribution in [0.25, 0.3) is 0 Å². The zero-order valence-corrected chi connectivity index (χ0v) is 18.0. The SMILES string of the molecule is CN1CCN([P+](N(C)C)(N2CCN(C)CC2)N2CCN(C)CC2)CC1. The van der Waals surface area contributed by atoms with Gasteiger partial charge in [-0.25, -0.2) is 0 Å². The van der Waals surface area contributed by atoms with Crippen LogP contribution in [0.1, 0.15) is 0 Å². The van der Waals surface area contributed by atoms with Gasteiger partial charge in [-0.2, -0.15) is 0 Å². The van der Waals surface area contributed by atoms with Crippen LogP contribution in [0, 0.1) is 0 Å². The molecule has 3 aliphatic heterocycles. The molecule has 0 atom stereocenters. The Balaban J connectivity index is 1.89. The average Bonchev–Trinajstić information content (AvgIpc) is 2.60. The van der Waals surface area contributed by atoms with Gasteiger partial charge in [-0.1, -0.05) is 0 Å². The smallest absolute Gasteiger partial charge is 0.304 e. The summed E-state index contributed by atoms with van der Waals surface area (Å²) in [6, 6.07) is 0. The summed E-state index contributed by atoms with van der Waals surface area (Å²) < 4.78 is 11.2. The Kier molecular flexibility index (Phi) is 6.72. The van der Waals surface area contributed by atoms with Crippen LogP contribution in [-0.4, -0.2) is 147 Å². The normalized spacial score (nSPS) is 28.1. The first kappa shape index (κ1) is 19.9. The third-order valence-corrected chi connectivity index (χ3v) is 10.7. The molecule has 3 saturated heterocycles. The van der Waals surface area contributed by atoms with Crippen molar-refractivity contribution in [2.75, 3.05) is 114 Å². The molecule has 7 nitrogen and oxygen atoms in total. The highest BCUT2D eigenvalue weighted by molar-refractivity contribution is 7.66. The third-order valence-electron chi connectivity index (χ3n) is 6.11. The molecule has 0 aromatic carbocycles. The van der Waals surface area contributed by atoms with Gasteiger partial charge in [0, 0.05) is 53.4 Å². The molecule has 0 aromatic heterocycles. The van der Waals surface area contributed by atoms with E-state index in [2.05, 4.69) is 68.6 Å².